The Hall–Kier alpha value is -1.51. The van der Waals surface area contributed by atoms with E-state index in [-0.39, 0.29) is 12.6 Å². The molecule has 21 heavy (non-hydrogen) atoms. The predicted molar refractivity (Wildman–Crippen MR) is 74.0 cm³/mol. The minimum absolute atomic E-state index is 0.0508. The Balaban J connectivity index is 2.26. The Morgan fingerprint density at radius 2 is 2.29 bits per heavy atom. The molecule has 1 fully saturated rings. The van der Waals surface area contributed by atoms with Crippen molar-refractivity contribution in [3.05, 3.63) is 29.6 Å². The van der Waals surface area contributed by atoms with E-state index >= 15 is 0 Å². The average Bonchev–Trinajstić information content (AvgIpc) is 2.97. The lowest BCUT2D eigenvalue weighted by Gasteiger charge is -2.14. The Morgan fingerprint density at radius 1 is 1.52 bits per heavy atom. The fourth-order valence-electron chi connectivity index (χ4n) is 2.25. The number of esters is 1. The van der Waals surface area contributed by atoms with Crippen LogP contribution in [0.3, 0.4) is 0 Å². The van der Waals surface area contributed by atoms with Crippen molar-refractivity contribution in [2.24, 2.45) is 0 Å². The number of nitrogens with one attached hydrogen (secondary N) is 2. The summed E-state index contributed by atoms with van der Waals surface area (Å²) in [7, 11) is -2.92. The summed E-state index contributed by atoms with van der Waals surface area (Å²) in [5.74, 6) is -1.95. The molecule has 1 aromatic carbocycles. The second-order valence-electron chi connectivity index (χ2n) is 4.75. The molecule has 1 unspecified atom stereocenters. The van der Waals surface area contributed by atoms with Gasteiger partial charge in [-0.15, -0.1) is 0 Å². The van der Waals surface area contributed by atoms with Gasteiger partial charge in [0, 0.05) is 12.6 Å². The molecule has 0 saturated carbocycles. The summed E-state index contributed by atoms with van der Waals surface area (Å²) in [5, 5.41) is 3.15. The van der Waals surface area contributed by atoms with Crippen molar-refractivity contribution in [2.45, 2.75) is 23.8 Å². The normalized spacial score (nSPS) is 18.7. The highest BCUT2D eigenvalue weighted by atomic mass is 32.2. The van der Waals surface area contributed by atoms with Crippen molar-refractivity contribution in [3.63, 3.8) is 0 Å². The number of sulfonamides is 1. The molecule has 0 radical (unpaired) electrons. The fraction of sp³-hybridized carbons (Fsp3) is 0.462. The number of benzene rings is 1. The number of carbonyl (C=O) groups excluding carboxylic acids is 1. The van der Waals surface area contributed by atoms with Gasteiger partial charge in [0.2, 0.25) is 10.0 Å². The van der Waals surface area contributed by atoms with Gasteiger partial charge in [-0.05, 0) is 31.5 Å². The lowest BCUT2D eigenvalue weighted by Crippen LogP contribution is -2.37. The van der Waals surface area contributed by atoms with Crippen LogP contribution >= 0.6 is 0 Å². The van der Waals surface area contributed by atoms with Crippen LogP contribution in [0.4, 0.5) is 4.39 Å². The molecule has 1 heterocycles. The molecule has 1 atom stereocenters. The van der Waals surface area contributed by atoms with E-state index in [4.69, 9.17) is 0 Å². The van der Waals surface area contributed by atoms with E-state index in [0.29, 0.717) is 0 Å². The first-order valence-corrected chi connectivity index (χ1v) is 8.04. The van der Waals surface area contributed by atoms with Crippen molar-refractivity contribution in [1.29, 1.82) is 0 Å². The van der Waals surface area contributed by atoms with Crippen molar-refractivity contribution in [1.82, 2.24) is 10.0 Å². The molecule has 0 spiro atoms. The molecule has 2 rings (SSSR count). The molecule has 6 nitrogen and oxygen atoms in total. The van der Waals surface area contributed by atoms with Gasteiger partial charge in [-0.1, -0.05) is 6.07 Å². The van der Waals surface area contributed by atoms with Gasteiger partial charge < -0.3 is 10.1 Å². The van der Waals surface area contributed by atoms with Crippen LogP contribution in [-0.4, -0.2) is 40.6 Å². The largest absolute Gasteiger partial charge is 0.465 e. The molecule has 1 aliphatic heterocycles. The van der Waals surface area contributed by atoms with Gasteiger partial charge >= 0.3 is 5.97 Å². The monoisotopic (exact) mass is 316 g/mol. The molecular formula is C13H17FN2O4S. The van der Waals surface area contributed by atoms with E-state index in [0.717, 1.165) is 32.6 Å². The average molecular weight is 316 g/mol. The van der Waals surface area contributed by atoms with E-state index in [1.165, 1.54) is 12.1 Å². The highest BCUT2D eigenvalue weighted by molar-refractivity contribution is 7.89. The number of hydrogen-bond donors (Lipinski definition) is 2. The second kappa shape index (κ2) is 6.50. The maximum atomic E-state index is 13.8. The Morgan fingerprint density at radius 3 is 2.90 bits per heavy atom. The number of ether oxygens (including phenoxy) is 1. The fourth-order valence-corrected chi connectivity index (χ4v) is 3.53. The van der Waals surface area contributed by atoms with Gasteiger partial charge in [0.1, 0.15) is 11.4 Å². The summed E-state index contributed by atoms with van der Waals surface area (Å²) in [6, 6.07) is 3.49. The molecule has 0 aliphatic carbocycles. The third-order valence-electron chi connectivity index (χ3n) is 3.34. The third kappa shape index (κ3) is 3.58. The van der Waals surface area contributed by atoms with Gasteiger partial charge in [-0.25, -0.2) is 22.3 Å². The zero-order chi connectivity index (χ0) is 15.5. The summed E-state index contributed by atoms with van der Waals surface area (Å²) in [4.78, 5) is 11.2. The van der Waals surface area contributed by atoms with E-state index in [2.05, 4.69) is 14.8 Å². The van der Waals surface area contributed by atoms with E-state index in [9.17, 15) is 17.6 Å². The molecular weight excluding hydrogens is 299 g/mol. The van der Waals surface area contributed by atoms with Crippen molar-refractivity contribution in [3.8, 4) is 0 Å². The van der Waals surface area contributed by atoms with E-state index in [1.54, 1.807) is 0 Å². The quantitative estimate of drug-likeness (QED) is 0.779. The summed E-state index contributed by atoms with van der Waals surface area (Å²) < 4.78 is 45.1. The number of carbonyl (C=O) groups is 1. The van der Waals surface area contributed by atoms with Gasteiger partial charge in [0.15, 0.2) is 0 Å². The van der Waals surface area contributed by atoms with Crippen LogP contribution < -0.4 is 10.0 Å². The summed E-state index contributed by atoms with van der Waals surface area (Å²) in [6.07, 6.45) is 1.86. The van der Waals surface area contributed by atoms with Crippen LogP contribution in [0.5, 0.6) is 0 Å². The number of methoxy groups -OCH3 is 1. The highest BCUT2D eigenvalue weighted by Gasteiger charge is 2.27. The van der Waals surface area contributed by atoms with Gasteiger partial charge in [-0.2, -0.15) is 0 Å². The first-order valence-electron chi connectivity index (χ1n) is 6.55. The lowest BCUT2D eigenvalue weighted by atomic mass is 10.2. The maximum absolute atomic E-state index is 13.8. The van der Waals surface area contributed by atoms with Crippen molar-refractivity contribution < 1.29 is 22.3 Å². The van der Waals surface area contributed by atoms with E-state index in [1.807, 2.05) is 0 Å². The molecule has 1 saturated heterocycles. The standard InChI is InChI=1S/C13H17FN2O4S/c1-20-13(17)12-10(14)5-2-6-11(12)21(18,19)16-8-9-4-3-7-15-9/h2,5-6,9,15-16H,3-4,7-8H2,1H3. The molecule has 0 bridgehead atoms. The Kier molecular flexibility index (Phi) is 4.92. The van der Waals surface area contributed by atoms with Crippen molar-refractivity contribution in [2.75, 3.05) is 20.2 Å². The van der Waals surface area contributed by atoms with E-state index < -0.39 is 32.3 Å². The zero-order valence-electron chi connectivity index (χ0n) is 11.6. The van der Waals surface area contributed by atoms with Gasteiger partial charge in [0.05, 0.1) is 12.0 Å². The summed E-state index contributed by atoms with van der Waals surface area (Å²) >= 11 is 0. The van der Waals surface area contributed by atoms with Gasteiger partial charge in [0.25, 0.3) is 0 Å². The molecule has 0 aromatic heterocycles. The topological polar surface area (TPSA) is 84.5 Å². The SMILES string of the molecule is COC(=O)c1c(F)cccc1S(=O)(=O)NCC1CCCN1. The molecule has 1 aromatic rings. The molecule has 116 valence electrons. The molecule has 2 N–H and O–H groups in total. The lowest BCUT2D eigenvalue weighted by molar-refractivity contribution is 0.0590. The van der Waals surface area contributed by atoms with Crippen LogP contribution in [0.15, 0.2) is 23.1 Å². The number of rotatable bonds is 5. The maximum Gasteiger partial charge on any atom is 0.342 e. The van der Waals surface area contributed by atoms with Crippen LogP contribution in [0.2, 0.25) is 0 Å². The second-order valence-corrected chi connectivity index (χ2v) is 6.49. The summed E-state index contributed by atoms with van der Waals surface area (Å²) in [5.41, 5.74) is -0.577. The number of halogens is 1. The van der Waals surface area contributed by atoms with Crippen LogP contribution in [0.25, 0.3) is 0 Å². The minimum Gasteiger partial charge on any atom is -0.465 e. The first-order chi connectivity index (χ1) is 9.95. The molecule has 1 aliphatic rings. The van der Waals surface area contributed by atoms with Crippen molar-refractivity contribution >= 4 is 16.0 Å². The van der Waals surface area contributed by atoms with Gasteiger partial charge in [-0.3, -0.25) is 0 Å². The predicted octanol–water partition coefficient (Wildman–Crippen LogP) is 0.643. The minimum atomic E-state index is -3.99. The highest BCUT2D eigenvalue weighted by Crippen LogP contribution is 2.20. The van der Waals surface area contributed by atoms with Crippen LogP contribution in [0, 0.1) is 5.82 Å². The molecule has 8 heteroatoms. The summed E-state index contributed by atoms with van der Waals surface area (Å²) in [6.45, 7) is 1.04. The van der Waals surface area contributed by atoms with Crippen LogP contribution in [0.1, 0.15) is 23.2 Å². The smallest absolute Gasteiger partial charge is 0.342 e. The number of hydrogen-bond acceptors (Lipinski definition) is 5. The van der Waals surface area contributed by atoms with Crippen LogP contribution in [-0.2, 0) is 14.8 Å². The third-order valence-corrected chi connectivity index (χ3v) is 4.80. The Labute approximate surface area is 122 Å². The molecule has 0 amide bonds. The first kappa shape index (κ1) is 15.9. The zero-order valence-corrected chi connectivity index (χ0v) is 12.4. The Bertz CT molecular complexity index is 627.